The zero-order chi connectivity index (χ0) is 16.4. The van der Waals surface area contributed by atoms with Gasteiger partial charge in [0.15, 0.2) is 0 Å². The Morgan fingerprint density at radius 3 is 2.24 bits per heavy atom. The first-order valence-electron chi connectivity index (χ1n) is 7.56. The fourth-order valence-electron chi connectivity index (χ4n) is 2.58. The highest BCUT2D eigenvalue weighted by atomic mass is 16.3. The van der Waals surface area contributed by atoms with Crippen molar-refractivity contribution >= 4 is 0 Å². The number of aromatic hydroxyl groups is 2. The summed E-state index contributed by atoms with van der Waals surface area (Å²) in [6, 6.07) is 3.15. The fraction of sp³-hybridized carbons (Fsp3) is 0.474. The van der Waals surface area contributed by atoms with E-state index in [0.29, 0.717) is 5.92 Å². The average molecular weight is 288 g/mol. The molecule has 0 aromatic heterocycles. The van der Waals surface area contributed by atoms with E-state index in [1.54, 1.807) is 13.0 Å². The van der Waals surface area contributed by atoms with E-state index < -0.39 is 0 Å². The molecule has 1 aliphatic carbocycles. The standard InChI is InChI=1S/C14H18O2.C3H4.C2H6/c1-9-4-3-5-11(6-9)14-10(2)7-12(15)8-13(14)16;1-3-2;1-2/h6-8,11,15-16H,3-5H2,1-2H3;1H,2H3;1-2H3. The smallest absolute Gasteiger partial charge is 0.123 e. The van der Waals surface area contributed by atoms with Crippen molar-refractivity contribution in [1.29, 1.82) is 0 Å². The van der Waals surface area contributed by atoms with E-state index in [0.717, 1.165) is 24.0 Å². The second kappa shape index (κ2) is 9.94. The van der Waals surface area contributed by atoms with Crippen molar-refractivity contribution in [1.82, 2.24) is 0 Å². The van der Waals surface area contributed by atoms with Crippen LogP contribution in [0, 0.1) is 19.3 Å². The summed E-state index contributed by atoms with van der Waals surface area (Å²) in [7, 11) is 0. The number of rotatable bonds is 1. The molecule has 0 heterocycles. The van der Waals surface area contributed by atoms with Crippen LogP contribution in [0.2, 0.25) is 0 Å². The molecule has 0 saturated heterocycles. The molecule has 1 unspecified atom stereocenters. The lowest BCUT2D eigenvalue weighted by molar-refractivity contribution is 0.440. The molecule has 2 rings (SSSR count). The van der Waals surface area contributed by atoms with E-state index in [4.69, 9.17) is 0 Å². The Morgan fingerprint density at radius 2 is 1.76 bits per heavy atom. The van der Waals surface area contributed by atoms with Gasteiger partial charge in [-0.1, -0.05) is 25.5 Å². The molecule has 2 nitrogen and oxygen atoms in total. The van der Waals surface area contributed by atoms with Crippen LogP contribution in [0.1, 0.15) is 64.0 Å². The Kier molecular flexibility index (Phi) is 9.05. The number of hydrogen-bond acceptors (Lipinski definition) is 2. The number of aryl methyl sites for hydroxylation is 1. The van der Waals surface area contributed by atoms with Gasteiger partial charge in [0.25, 0.3) is 0 Å². The third-order valence-electron chi connectivity index (χ3n) is 3.29. The predicted molar refractivity (Wildman–Crippen MR) is 90.7 cm³/mol. The molecule has 2 N–H and O–H groups in total. The first kappa shape index (κ1) is 19.1. The first-order valence-corrected chi connectivity index (χ1v) is 7.56. The van der Waals surface area contributed by atoms with Crippen LogP contribution in [0.5, 0.6) is 11.5 Å². The maximum absolute atomic E-state index is 9.92. The molecule has 0 amide bonds. The van der Waals surface area contributed by atoms with Crippen LogP contribution in [0.15, 0.2) is 23.8 Å². The minimum absolute atomic E-state index is 0.135. The molecule has 21 heavy (non-hydrogen) atoms. The third-order valence-corrected chi connectivity index (χ3v) is 3.29. The number of phenolic OH excluding ortho intramolecular Hbond substituents is 2. The summed E-state index contributed by atoms with van der Waals surface area (Å²) in [5.41, 5.74) is 3.33. The van der Waals surface area contributed by atoms with Crippen molar-refractivity contribution in [3.05, 3.63) is 34.9 Å². The molecule has 0 fully saturated rings. The zero-order valence-electron chi connectivity index (χ0n) is 13.9. The molecular formula is C19H28O2. The maximum Gasteiger partial charge on any atom is 0.123 e. The molecule has 0 bridgehead atoms. The lowest BCUT2D eigenvalue weighted by atomic mass is 9.83. The average Bonchev–Trinajstić information content (AvgIpc) is 2.41. The summed E-state index contributed by atoms with van der Waals surface area (Å²) in [6.45, 7) is 9.73. The molecule has 0 spiro atoms. The van der Waals surface area contributed by atoms with Gasteiger partial charge < -0.3 is 10.2 Å². The highest BCUT2D eigenvalue weighted by Gasteiger charge is 2.19. The highest BCUT2D eigenvalue weighted by Crippen LogP contribution is 2.39. The largest absolute Gasteiger partial charge is 0.508 e. The number of hydrogen-bond donors (Lipinski definition) is 2. The van der Waals surface area contributed by atoms with E-state index >= 15 is 0 Å². The van der Waals surface area contributed by atoms with Crippen LogP contribution in [0.3, 0.4) is 0 Å². The van der Waals surface area contributed by atoms with Crippen LogP contribution in [0.25, 0.3) is 0 Å². The van der Waals surface area contributed by atoms with Gasteiger partial charge in [0.2, 0.25) is 0 Å². The lowest BCUT2D eigenvalue weighted by Crippen LogP contribution is -2.04. The molecule has 1 aliphatic rings. The van der Waals surface area contributed by atoms with Crippen molar-refractivity contribution in [2.24, 2.45) is 0 Å². The van der Waals surface area contributed by atoms with Gasteiger partial charge in [0.05, 0.1) is 0 Å². The Bertz CT molecular complexity index is 484. The maximum atomic E-state index is 9.92. The summed E-state index contributed by atoms with van der Waals surface area (Å²) in [4.78, 5) is 0. The predicted octanol–water partition coefficient (Wildman–Crippen LogP) is 5.29. The molecule has 2 heteroatoms. The van der Waals surface area contributed by atoms with Crippen LogP contribution in [-0.2, 0) is 0 Å². The van der Waals surface area contributed by atoms with Gasteiger partial charge in [0, 0.05) is 17.5 Å². The number of benzene rings is 1. The van der Waals surface area contributed by atoms with Gasteiger partial charge in [-0.2, -0.15) is 0 Å². The van der Waals surface area contributed by atoms with E-state index in [9.17, 15) is 10.2 Å². The van der Waals surface area contributed by atoms with Gasteiger partial charge in [-0.25, -0.2) is 0 Å². The van der Waals surface area contributed by atoms with Crippen LogP contribution >= 0.6 is 0 Å². The van der Waals surface area contributed by atoms with E-state index in [1.807, 2.05) is 20.8 Å². The van der Waals surface area contributed by atoms with E-state index in [-0.39, 0.29) is 11.5 Å². The van der Waals surface area contributed by atoms with Crippen LogP contribution in [0.4, 0.5) is 0 Å². The molecule has 0 aliphatic heterocycles. The quantitative estimate of drug-likeness (QED) is 0.545. The normalized spacial score (nSPS) is 16.4. The summed E-state index contributed by atoms with van der Waals surface area (Å²) in [6.07, 6.45) is 10.3. The highest BCUT2D eigenvalue weighted by molar-refractivity contribution is 5.48. The molecular weight excluding hydrogens is 260 g/mol. The minimum atomic E-state index is 0.135. The Labute approximate surface area is 129 Å². The van der Waals surface area contributed by atoms with Crippen molar-refractivity contribution < 1.29 is 10.2 Å². The Hall–Kier alpha value is -1.88. The summed E-state index contributed by atoms with van der Waals surface area (Å²) >= 11 is 0. The minimum Gasteiger partial charge on any atom is -0.508 e. The van der Waals surface area contributed by atoms with Crippen LogP contribution in [-0.4, -0.2) is 10.2 Å². The van der Waals surface area contributed by atoms with Gasteiger partial charge >= 0.3 is 0 Å². The molecule has 1 aromatic carbocycles. The second-order valence-corrected chi connectivity index (χ2v) is 5.00. The van der Waals surface area contributed by atoms with E-state index in [2.05, 4.69) is 25.3 Å². The third kappa shape index (κ3) is 5.95. The molecule has 0 saturated carbocycles. The van der Waals surface area contributed by atoms with Gasteiger partial charge in [-0.15, -0.1) is 12.3 Å². The lowest BCUT2D eigenvalue weighted by Gasteiger charge is -2.22. The number of phenols is 2. The van der Waals surface area contributed by atoms with E-state index in [1.165, 1.54) is 18.1 Å². The Morgan fingerprint density at radius 1 is 1.19 bits per heavy atom. The molecule has 1 atom stereocenters. The van der Waals surface area contributed by atoms with Gasteiger partial charge in [0.1, 0.15) is 11.5 Å². The number of allylic oxidation sites excluding steroid dienone is 2. The van der Waals surface area contributed by atoms with Crippen LogP contribution < -0.4 is 0 Å². The van der Waals surface area contributed by atoms with Crippen molar-refractivity contribution in [3.63, 3.8) is 0 Å². The SMILES string of the molecule is C#CC.CC.CC1=CC(c2c(C)cc(O)cc2O)CCC1. The first-order chi connectivity index (χ1) is 9.99. The fourth-order valence-corrected chi connectivity index (χ4v) is 2.58. The topological polar surface area (TPSA) is 40.5 Å². The monoisotopic (exact) mass is 288 g/mol. The van der Waals surface area contributed by atoms with Gasteiger partial charge in [-0.3, -0.25) is 0 Å². The molecule has 1 aromatic rings. The van der Waals surface area contributed by atoms with Crippen molar-refractivity contribution in [3.8, 4) is 23.8 Å². The van der Waals surface area contributed by atoms with Gasteiger partial charge in [-0.05, 0) is 51.7 Å². The van der Waals surface area contributed by atoms with Crippen molar-refractivity contribution in [2.45, 2.75) is 59.8 Å². The second-order valence-electron chi connectivity index (χ2n) is 5.00. The number of terminal acetylenes is 1. The summed E-state index contributed by atoms with van der Waals surface area (Å²) in [5.74, 6) is 2.90. The Balaban J connectivity index is 0.000000713. The molecule has 116 valence electrons. The zero-order valence-corrected chi connectivity index (χ0v) is 13.9. The summed E-state index contributed by atoms with van der Waals surface area (Å²) < 4.78 is 0. The van der Waals surface area contributed by atoms with Crippen molar-refractivity contribution in [2.75, 3.05) is 0 Å². The molecule has 0 radical (unpaired) electrons. The summed E-state index contributed by atoms with van der Waals surface area (Å²) in [5, 5.41) is 19.3.